The predicted molar refractivity (Wildman–Crippen MR) is 109 cm³/mol. The van der Waals surface area contributed by atoms with Crippen LogP contribution in [0.2, 0.25) is 0 Å². The zero-order valence-corrected chi connectivity index (χ0v) is 17.5. The molecule has 5 rings (SSSR count). The van der Waals surface area contributed by atoms with Crippen molar-refractivity contribution < 1.29 is 9.84 Å². The van der Waals surface area contributed by atoms with Gasteiger partial charge in [0.1, 0.15) is 0 Å². The first-order valence-corrected chi connectivity index (χ1v) is 11.6. The lowest BCUT2D eigenvalue weighted by Gasteiger charge is -2.60. The van der Waals surface area contributed by atoms with Gasteiger partial charge in [-0.1, -0.05) is 44.1 Å². The van der Waals surface area contributed by atoms with E-state index in [2.05, 4.69) is 32.9 Å². The first-order chi connectivity index (χ1) is 13.0. The Hall–Kier alpha value is -0.600. The minimum atomic E-state index is -0.102. The topological polar surface area (TPSA) is 29.5 Å². The minimum absolute atomic E-state index is 0.102. The smallest absolute Gasteiger partial charge is 0.0577 e. The molecule has 0 aromatic rings. The molecule has 2 saturated carbocycles. The third kappa shape index (κ3) is 2.58. The molecule has 2 nitrogen and oxygen atoms in total. The second kappa shape index (κ2) is 6.46. The van der Waals surface area contributed by atoms with Crippen LogP contribution in [0, 0.1) is 40.4 Å². The third-order valence-electron chi connectivity index (χ3n) is 9.73. The van der Waals surface area contributed by atoms with E-state index in [1.807, 2.05) is 0 Å². The molecule has 0 radical (unpaired) electrons. The molecule has 4 aliphatic carbocycles. The van der Waals surface area contributed by atoms with Crippen molar-refractivity contribution in [2.45, 2.75) is 78.2 Å². The fourth-order valence-electron chi connectivity index (χ4n) is 8.21. The number of allylic oxidation sites excluding steroid dienone is 2. The molecule has 1 saturated heterocycles. The van der Waals surface area contributed by atoms with Gasteiger partial charge < -0.3 is 9.84 Å². The summed E-state index contributed by atoms with van der Waals surface area (Å²) in [6, 6.07) is 0. The van der Waals surface area contributed by atoms with Crippen LogP contribution in [-0.2, 0) is 4.74 Å². The summed E-state index contributed by atoms with van der Waals surface area (Å²) in [7, 11) is 0. The molecular weight excluding hydrogens is 332 g/mol. The second-order valence-corrected chi connectivity index (χ2v) is 10.8. The van der Waals surface area contributed by atoms with Crippen molar-refractivity contribution in [3.8, 4) is 0 Å². The lowest BCUT2D eigenvalue weighted by molar-refractivity contribution is -0.0538. The van der Waals surface area contributed by atoms with E-state index >= 15 is 0 Å². The molecule has 8 atom stereocenters. The Morgan fingerprint density at radius 3 is 2.67 bits per heavy atom. The zero-order valence-electron chi connectivity index (χ0n) is 17.5. The van der Waals surface area contributed by atoms with Crippen molar-refractivity contribution in [2.75, 3.05) is 13.2 Å². The van der Waals surface area contributed by atoms with Crippen LogP contribution in [0.3, 0.4) is 0 Å². The van der Waals surface area contributed by atoms with Crippen molar-refractivity contribution in [1.29, 1.82) is 0 Å². The van der Waals surface area contributed by atoms with E-state index in [4.69, 9.17) is 4.74 Å². The summed E-state index contributed by atoms with van der Waals surface area (Å²) in [6.07, 6.45) is 14.8. The molecule has 1 N–H and O–H groups in total. The van der Waals surface area contributed by atoms with E-state index in [0.717, 1.165) is 43.8 Å². The maximum absolute atomic E-state index is 10.3. The highest BCUT2D eigenvalue weighted by molar-refractivity contribution is 5.32. The highest BCUT2D eigenvalue weighted by atomic mass is 16.5. The molecule has 0 aromatic carbocycles. The first-order valence-electron chi connectivity index (χ1n) is 11.6. The average molecular weight is 371 g/mol. The molecule has 3 fully saturated rings. The van der Waals surface area contributed by atoms with Crippen LogP contribution < -0.4 is 0 Å². The number of hydrogen-bond donors (Lipinski definition) is 1. The predicted octanol–water partition coefficient (Wildman–Crippen LogP) is 5.52. The number of hydrogen-bond acceptors (Lipinski definition) is 2. The number of rotatable bonds is 2. The van der Waals surface area contributed by atoms with Crippen LogP contribution >= 0.6 is 0 Å². The van der Waals surface area contributed by atoms with Crippen LogP contribution in [0.1, 0.15) is 72.1 Å². The van der Waals surface area contributed by atoms with E-state index < -0.39 is 0 Å². The molecule has 27 heavy (non-hydrogen) atoms. The van der Waals surface area contributed by atoms with Gasteiger partial charge >= 0.3 is 0 Å². The summed E-state index contributed by atoms with van der Waals surface area (Å²) >= 11 is 0. The summed E-state index contributed by atoms with van der Waals surface area (Å²) in [5.41, 5.74) is 4.12. The Balaban J connectivity index is 1.50. The van der Waals surface area contributed by atoms with Crippen LogP contribution in [0.25, 0.3) is 0 Å². The molecule has 0 aromatic heterocycles. The van der Waals surface area contributed by atoms with Gasteiger partial charge in [0.15, 0.2) is 0 Å². The second-order valence-electron chi connectivity index (χ2n) is 10.8. The number of aliphatic hydroxyl groups excluding tert-OH is 1. The SMILES string of the molecule is CC[C@H]1C=C2C[C@@H](O)CC[C@]2(C)[C@H]2CC[C@]3(C)C(C4CCOC4)=CC[C@H]3[C@H]12. The normalized spacial score (nSPS) is 51.9. The molecule has 0 amide bonds. The summed E-state index contributed by atoms with van der Waals surface area (Å²) in [5, 5.41) is 10.3. The third-order valence-corrected chi connectivity index (χ3v) is 9.73. The van der Waals surface area contributed by atoms with Crippen molar-refractivity contribution in [3.05, 3.63) is 23.3 Å². The molecule has 5 aliphatic rings. The Bertz CT molecular complexity index is 657. The van der Waals surface area contributed by atoms with Crippen LogP contribution in [-0.4, -0.2) is 24.4 Å². The van der Waals surface area contributed by atoms with Gasteiger partial charge in [-0.15, -0.1) is 0 Å². The largest absolute Gasteiger partial charge is 0.393 e. The Morgan fingerprint density at radius 2 is 1.93 bits per heavy atom. The highest BCUT2D eigenvalue weighted by Crippen LogP contribution is 2.67. The number of ether oxygens (including phenoxy) is 1. The zero-order chi connectivity index (χ0) is 18.8. The van der Waals surface area contributed by atoms with E-state index in [-0.39, 0.29) is 6.10 Å². The monoisotopic (exact) mass is 370 g/mol. The molecule has 2 heteroatoms. The van der Waals surface area contributed by atoms with Crippen molar-refractivity contribution in [3.63, 3.8) is 0 Å². The summed E-state index contributed by atoms with van der Waals surface area (Å²) in [6.45, 7) is 9.45. The molecule has 1 heterocycles. The number of fused-ring (bicyclic) bond motifs is 5. The Morgan fingerprint density at radius 1 is 1.11 bits per heavy atom. The van der Waals surface area contributed by atoms with E-state index in [0.29, 0.717) is 22.7 Å². The Kier molecular flexibility index (Phi) is 4.41. The molecule has 1 aliphatic heterocycles. The standard InChI is InChI=1S/C25H38O2/c1-4-16-13-18-14-19(26)7-10-24(18,2)22-8-11-25(3)20(17-9-12-27-15-17)5-6-21(25)23(16)22/h5,13,16-17,19,21-23,26H,4,6-12,14-15H2,1-3H3/t16-,17?,19-,21-,22-,23-,24-,25+/m0/s1. The minimum Gasteiger partial charge on any atom is -0.393 e. The van der Waals surface area contributed by atoms with Crippen LogP contribution in [0.15, 0.2) is 23.3 Å². The van der Waals surface area contributed by atoms with Crippen molar-refractivity contribution in [1.82, 2.24) is 0 Å². The molecule has 1 unspecified atom stereocenters. The average Bonchev–Trinajstić information content (AvgIpc) is 3.28. The van der Waals surface area contributed by atoms with Crippen molar-refractivity contribution in [2.24, 2.45) is 40.4 Å². The first kappa shape index (κ1) is 18.4. The molecule has 150 valence electrons. The van der Waals surface area contributed by atoms with Gasteiger partial charge in [0, 0.05) is 12.5 Å². The Labute approximate surface area is 165 Å². The fraction of sp³-hybridized carbons (Fsp3) is 0.840. The summed E-state index contributed by atoms with van der Waals surface area (Å²) < 4.78 is 5.77. The summed E-state index contributed by atoms with van der Waals surface area (Å²) in [5.74, 6) is 3.86. The molecular formula is C25H38O2. The van der Waals surface area contributed by atoms with E-state index in [1.54, 1.807) is 11.1 Å². The number of aliphatic hydroxyl groups is 1. The fourth-order valence-corrected chi connectivity index (χ4v) is 8.21. The van der Waals surface area contributed by atoms with E-state index in [1.165, 1.54) is 38.5 Å². The van der Waals surface area contributed by atoms with Gasteiger partial charge in [0.2, 0.25) is 0 Å². The van der Waals surface area contributed by atoms with Gasteiger partial charge in [0.25, 0.3) is 0 Å². The lowest BCUT2D eigenvalue weighted by atomic mass is 9.45. The quantitative estimate of drug-likeness (QED) is 0.649. The van der Waals surface area contributed by atoms with Gasteiger partial charge in [-0.25, -0.2) is 0 Å². The van der Waals surface area contributed by atoms with Gasteiger partial charge in [0.05, 0.1) is 12.7 Å². The van der Waals surface area contributed by atoms with Gasteiger partial charge in [-0.2, -0.15) is 0 Å². The lowest BCUT2D eigenvalue weighted by Crippen LogP contribution is -2.53. The maximum Gasteiger partial charge on any atom is 0.0577 e. The maximum atomic E-state index is 10.3. The molecule has 0 spiro atoms. The van der Waals surface area contributed by atoms with Crippen LogP contribution in [0.5, 0.6) is 0 Å². The highest BCUT2D eigenvalue weighted by Gasteiger charge is 2.59. The van der Waals surface area contributed by atoms with Gasteiger partial charge in [-0.05, 0) is 85.9 Å². The van der Waals surface area contributed by atoms with Crippen LogP contribution in [0.4, 0.5) is 0 Å². The van der Waals surface area contributed by atoms with E-state index in [9.17, 15) is 5.11 Å². The summed E-state index contributed by atoms with van der Waals surface area (Å²) in [4.78, 5) is 0. The molecule has 0 bridgehead atoms. The van der Waals surface area contributed by atoms with Crippen molar-refractivity contribution >= 4 is 0 Å². The van der Waals surface area contributed by atoms with Gasteiger partial charge in [-0.3, -0.25) is 0 Å².